The molecule has 1 aromatic carbocycles. The molecule has 0 saturated carbocycles. The van der Waals surface area contributed by atoms with Gasteiger partial charge in [0, 0.05) is 37.0 Å². The highest BCUT2D eigenvalue weighted by Crippen LogP contribution is 2.24. The minimum atomic E-state index is -3.11. The lowest BCUT2D eigenvalue weighted by molar-refractivity contribution is 0.0750. The van der Waals surface area contributed by atoms with Crippen molar-refractivity contribution < 1.29 is 22.3 Å². The molecule has 0 bridgehead atoms. The number of carbonyl (C=O) groups excluding carboxylic acids is 1. The second-order valence-electron chi connectivity index (χ2n) is 5.75. The van der Waals surface area contributed by atoms with Crippen molar-refractivity contribution in [1.82, 2.24) is 4.90 Å². The number of ether oxygens (including phenoxy) is 1. The summed E-state index contributed by atoms with van der Waals surface area (Å²) in [5.74, 6) is 0.309. The van der Waals surface area contributed by atoms with E-state index in [0.29, 0.717) is 36.2 Å². The quantitative estimate of drug-likeness (QED) is 0.785. The van der Waals surface area contributed by atoms with Crippen LogP contribution in [0.2, 0.25) is 0 Å². The predicted octanol–water partition coefficient (Wildman–Crippen LogP) is 0.920. The number of hydrogen-bond acceptors (Lipinski definition) is 5. The number of nitrogens with two attached hydrogens (primary N) is 1. The van der Waals surface area contributed by atoms with E-state index in [4.69, 9.17) is 10.5 Å². The Morgan fingerprint density at radius 3 is 2.83 bits per heavy atom. The summed E-state index contributed by atoms with van der Waals surface area (Å²) in [4.78, 5) is 14.0. The highest BCUT2D eigenvalue weighted by atomic mass is 32.2. The molecule has 0 radical (unpaired) electrons. The Labute approximate surface area is 141 Å². The molecule has 0 spiro atoms. The van der Waals surface area contributed by atoms with Gasteiger partial charge in [-0.05, 0) is 30.2 Å². The largest absolute Gasteiger partial charge is 0.489 e. The Bertz CT molecular complexity index is 746. The Kier molecular flexibility index (Phi) is 5.95. The molecular formula is C16H21FN2O4S. The lowest BCUT2D eigenvalue weighted by Crippen LogP contribution is -2.40. The Hall–Kier alpha value is -1.93. The molecule has 0 saturated heterocycles. The summed E-state index contributed by atoms with van der Waals surface area (Å²) in [6, 6.07) is 5.05. The standard InChI is InChI=1S/C16H21FN2O4S/c1-24(21,22)7-6-19-5-4-13-8-14(2-3-15(13)16(19)20)23-11-12(9-17)10-18/h2-3,8-9H,4-7,10-11,18H2,1H3/b12-9+. The van der Waals surface area contributed by atoms with Gasteiger partial charge in [0.2, 0.25) is 0 Å². The number of sulfone groups is 1. The highest BCUT2D eigenvalue weighted by molar-refractivity contribution is 7.90. The van der Waals surface area contributed by atoms with Crippen molar-refractivity contribution in [1.29, 1.82) is 0 Å². The van der Waals surface area contributed by atoms with Crippen LogP contribution in [0.15, 0.2) is 30.1 Å². The first-order valence-electron chi connectivity index (χ1n) is 7.55. The second kappa shape index (κ2) is 7.76. The van der Waals surface area contributed by atoms with E-state index in [1.807, 2.05) is 0 Å². The van der Waals surface area contributed by atoms with Crippen LogP contribution in [-0.4, -0.2) is 57.5 Å². The van der Waals surface area contributed by atoms with Gasteiger partial charge in [-0.2, -0.15) is 0 Å². The van der Waals surface area contributed by atoms with Gasteiger partial charge in [-0.1, -0.05) is 0 Å². The van der Waals surface area contributed by atoms with Crippen LogP contribution in [-0.2, 0) is 16.3 Å². The zero-order valence-corrected chi connectivity index (χ0v) is 14.3. The van der Waals surface area contributed by atoms with Crippen LogP contribution < -0.4 is 10.5 Å². The highest BCUT2D eigenvalue weighted by Gasteiger charge is 2.25. The first kappa shape index (κ1) is 18.4. The van der Waals surface area contributed by atoms with Crippen LogP contribution >= 0.6 is 0 Å². The van der Waals surface area contributed by atoms with Crippen molar-refractivity contribution in [2.75, 3.05) is 38.2 Å². The molecule has 6 nitrogen and oxygen atoms in total. The smallest absolute Gasteiger partial charge is 0.254 e. The molecule has 24 heavy (non-hydrogen) atoms. The van der Waals surface area contributed by atoms with E-state index in [1.54, 1.807) is 23.1 Å². The van der Waals surface area contributed by atoms with Gasteiger partial charge in [0.05, 0.1) is 12.1 Å². The van der Waals surface area contributed by atoms with Crippen molar-refractivity contribution in [3.05, 3.63) is 41.2 Å². The minimum absolute atomic E-state index is 0.0489. The van der Waals surface area contributed by atoms with Crippen LogP contribution in [0, 0.1) is 0 Å². The van der Waals surface area contributed by atoms with Crippen molar-refractivity contribution in [2.24, 2.45) is 5.73 Å². The molecule has 1 heterocycles. The minimum Gasteiger partial charge on any atom is -0.489 e. The van der Waals surface area contributed by atoms with E-state index in [-0.39, 0.29) is 31.4 Å². The maximum absolute atomic E-state index is 12.5. The number of rotatable bonds is 7. The maximum Gasteiger partial charge on any atom is 0.254 e. The van der Waals surface area contributed by atoms with Crippen LogP contribution in [0.1, 0.15) is 15.9 Å². The number of fused-ring (bicyclic) bond motifs is 1. The number of nitrogens with zero attached hydrogens (tertiary/aromatic N) is 1. The molecule has 8 heteroatoms. The summed E-state index contributed by atoms with van der Waals surface area (Å²) in [6.45, 7) is 0.787. The zero-order valence-electron chi connectivity index (χ0n) is 13.5. The van der Waals surface area contributed by atoms with Crippen LogP contribution in [0.5, 0.6) is 5.75 Å². The Balaban J connectivity index is 2.06. The van der Waals surface area contributed by atoms with Gasteiger partial charge in [0.15, 0.2) is 0 Å². The molecule has 0 atom stereocenters. The molecule has 0 aromatic heterocycles. The third kappa shape index (κ3) is 4.78. The summed E-state index contributed by atoms with van der Waals surface area (Å²) in [5.41, 5.74) is 7.10. The van der Waals surface area contributed by atoms with Gasteiger partial charge in [0.25, 0.3) is 5.91 Å². The molecule has 0 fully saturated rings. The van der Waals surface area contributed by atoms with E-state index in [2.05, 4.69) is 0 Å². The first-order valence-corrected chi connectivity index (χ1v) is 9.61. The van der Waals surface area contributed by atoms with E-state index in [9.17, 15) is 17.6 Å². The zero-order chi connectivity index (χ0) is 17.7. The molecule has 0 aliphatic carbocycles. The molecular weight excluding hydrogens is 335 g/mol. The third-order valence-electron chi connectivity index (χ3n) is 3.82. The van der Waals surface area contributed by atoms with Crippen molar-refractivity contribution in [2.45, 2.75) is 6.42 Å². The molecule has 1 aliphatic rings. The van der Waals surface area contributed by atoms with Gasteiger partial charge < -0.3 is 15.4 Å². The summed E-state index contributed by atoms with van der Waals surface area (Å²) in [6.07, 6.45) is 2.20. The van der Waals surface area contributed by atoms with Crippen LogP contribution in [0.3, 0.4) is 0 Å². The van der Waals surface area contributed by atoms with E-state index >= 15 is 0 Å². The van der Waals surface area contributed by atoms with Gasteiger partial charge in [-0.25, -0.2) is 12.8 Å². The molecule has 1 amide bonds. The molecule has 2 rings (SSSR count). The summed E-state index contributed by atoms with van der Waals surface area (Å²) >= 11 is 0. The first-order chi connectivity index (χ1) is 11.3. The monoisotopic (exact) mass is 356 g/mol. The summed E-state index contributed by atoms with van der Waals surface area (Å²) in [7, 11) is -3.11. The lowest BCUT2D eigenvalue weighted by atomic mass is 9.99. The fourth-order valence-corrected chi connectivity index (χ4v) is 2.96. The number of amides is 1. The average molecular weight is 356 g/mol. The third-order valence-corrected chi connectivity index (χ3v) is 4.74. The number of carbonyl (C=O) groups is 1. The Morgan fingerprint density at radius 1 is 1.46 bits per heavy atom. The fourth-order valence-electron chi connectivity index (χ4n) is 2.40. The van der Waals surface area contributed by atoms with Gasteiger partial charge in [-0.15, -0.1) is 0 Å². The molecule has 1 aromatic rings. The fraction of sp³-hybridized carbons (Fsp3) is 0.438. The number of benzene rings is 1. The van der Waals surface area contributed by atoms with Crippen LogP contribution in [0.25, 0.3) is 0 Å². The van der Waals surface area contributed by atoms with Crippen molar-refractivity contribution >= 4 is 15.7 Å². The van der Waals surface area contributed by atoms with Gasteiger partial charge in [-0.3, -0.25) is 4.79 Å². The summed E-state index contributed by atoms with van der Waals surface area (Å²) in [5, 5.41) is 0. The normalized spacial score (nSPS) is 15.4. The molecule has 1 aliphatic heterocycles. The predicted molar refractivity (Wildman–Crippen MR) is 89.5 cm³/mol. The van der Waals surface area contributed by atoms with Crippen molar-refractivity contribution in [3.63, 3.8) is 0 Å². The van der Waals surface area contributed by atoms with Gasteiger partial charge >= 0.3 is 0 Å². The van der Waals surface area contributed by atoms with E-state index in [0.717, 1.165) is 11.8 Å². The topological polar surface area (TPSA) is 89.7 Å². The van der Waals surface area contributed by atoms with Crippen molar-refractivity contribution in [3.8, 4) is 5.75 Å². The molecule has 0 unspecified atom stereocenters. The van der Waals surface area contributed by atoms with Gasteiger partial charge in [0.1, 0.15) is 22.2 Å². The SMILES string of the molecule is CS(=O)(=O)CCN1CCc2cc(OC/C(=C/F)CN)ccc2C1=O. The molecule has 2 N–H and O–H groups in total. The van der Waals surface area contributed by atoms with Crippen LogP contribution in [0.4, 0.5) is 4.39 Å². The number of halogens is 1. The lowest BCUT2D eigenvalue weighted by Gasteiger charge is -2.28. The second-order valence-corrected chi connectivity index (χ2v) is 8.01. The Morgan fingerprint density at radius 2 is 2.21 bits per heavy atom. The average Bonchev–Trinajstić information content (AvgIpc) is 2.54. The number of hydrogen-bond donors (Lipinski definition) is 1. The maximum atomic E-state index is 12.5. The summed E-state index contributed by atoms with van der Waals surface area (Å²) < 4.78 is 40.5. The van der Waals surface area contributed by atoms with E-state index in [1.165, 1.54) is 0 Å². The van der Waals surface area contributed by atoms with E-state index < -0.39 is 9.84 Å². The molecule has 132 valence electrons.